The van der Waals surface area contributed by atoms with Crippen LogP contribution in [0.25, 0.3) is 82.1 Å². The van der Waals surface area contributed by atoms with Crippen LogP contribution in [0.15, 0.2) is 228 Å². The van der Waals surface area contributed by atoms with Gasteiger partial charge in [-0.05, 0) is 90.5 Å². The van der Waals surface area contributed by atoms with Crippen molar-refractivity contribution in [3.05, 3.63) is 235 Å². The van der Waals surface area contributed by atoms with E-state index in [4.69, 9.17) is 9.98 Å². The molecule has 0 amide bonds. The molecule has 61 heavy (non-hydrogen) atoms. The predicted octanol–water partition coefficient (Wildman–Crippen LogP) is 14.1. The van der Waals surface area contributed by atoms with Gasteiger partial charge < -0.3 is 9.88 Å². The van der Waals surface area contributed by atoms with Crippen LogP contribution < -0.4 is 5.32 Å². The van der Waals surface area contributed by atoms with E-state index in [0.717, 1.165) is 44.7 Å². The van der Waals surface area contributed by atoms with E-state index >= 15 is 0 Å². The zero-order chi connectivity index (χ0) is 40.3. The second-order valence-electron chi connectivity index (χ2n) is 15.8. The van der Waals surface area contributed by atoms with Crippen molar-refractivity contribution in [1.29, 1.82) is 0 Å². The molecule has 0 saturated heterocycles. The highest BCUT2D eigenvalue weighted by Crippen LogP contribution is 2.41. The molecule has 0 aliphatic carbocycles. The number of aromatic nitrogens is 1. The lowest BCUT2D eigenvalue weighted by Gasteiger charge is -2.24. The van der Waals surface area contributed by atoms with E-state index in [1.807, 2.05) is 6.07 Å². The Balaban J connectivity index is 0.947. The molecule has 0 fully saturated rings. The van der Waals surface area contributed by atoms with Gasteiger partial charge >= 0.3 is 0 Å². The Hall–Kier alpha value is -8.08. The van der Waals surface area contributed by atoms with Crippen molar-refractivity contribution in [2.45, 2.75) is 6.17 Å². The van der Waals surface area contributed by atoms with Crippen molar-refractivity contribution >= 4 is 65.8 Å². The van der Waals surface area contributed by atoms with Gasteiger partial charge in [0.05, 0.1) is 11.0 Å². The second-order valence-corrected chi connectivity index (χ2v) is 15.8. The minimum atomic E-state index is -0.298. The lowest BCUT2D eigenvalue weighted by Crippen LogP contribution is -2.33. The smallest absolute Gasteiger partial charge is 0.160 e. The molecule has 0 saturated carbocycles. The summed E-state index contributed by atoms with van der Waals surface area (Å²) in [6.45, 7) is 0. The first-order valence-corrected chi connectivity index (χ1v) is 20.9. The van der Waals surface area contributed by atoms with Gasteiger partial charge in [-0.2, -0.15) is 0 Å². The van der Waals surface area contributed by atoms with Crippen LogP contribution in [0.4, 0.5) is 0 Å². The maximum atomic E-state index is 5.25. The lowest BCUT2D eigenvalue weighted by atomic mass is 9.94. The van der Waals surface area contributed by atoms with E-state index in [-0.39, 0.29) is 6.17 Å². The summed E-state index contributed by atoms with van der Waals surface area (Å²) >= 11 is 0. The van der Waals surface area contributed by atoms with Crippen LogP contribution >= 0.6 is 0 Å². The normalized spacial score (nSPS) is 14.1. The van der Waals surface area contributed by atoms with Crippen molar-refractivity contribution in [2.24, 2.45) is 9.98 Å². The van der Waals surface area contributed by atoms with Crippen molar-refractivity contribution < 1.29 is 0 Å². The molecule has 11 aromatic rings. The fourth-order valence-electron chi connectivity index (χ4n) is 9.36. The summed E-state index contributed by atoms with van der Waals surface area (Å²) in [6, 6.07) is 78.2. The van der Waals surface area contributed by atoms with E-state index in [1.165, 1.54) is 59.9 Å². The summed E-state index contributed by atoms with van der Waals surface area (Å²) in [5, 5.41) is 13.6. The van der Waals surface area contributed by atoms with Crippen LogP contribution in [0.5, 0.6) is 0 Å². The minimum Gasteiger partial charge on any atom is -0.344 e. The lowest BCUT2D eigenvalue weighted by molar-refractivity contribution is 0.674. The summed E-state index contributed by atoms with van der Waals surface area (Å²) in [7, 11) is 0. The summed E-state index contributed by atoms with van der Waals surface area (Å²) in [5.74, 6) is 1.50. The molecule has 0 spiro atoms. The summed E-state index contributed by atoms with van der Waals surface area (Å²) in [4.78, 5) is 10.5. The maximum absolute atomic E-state index is 5.25. The molecule has 1 N–H and O–H groups in total. The molecule has 2 heterocycles. The highest BCUT2D eigenvalue weighted by Gasteiger charge is 2.23. The van der Waals surface area contributed by atoms with E-state index < -0.39 is 0 Å². The van der Waals surface area contributed by atoms with Crippen molar-refractivity contribution in [3.8, 4) is 27.9 Å². The van der Waals surface area contributed by atoms with Gasteiger partial charge in [0, 0.05) is 27.6 Å². The largest absolute Gasteiger partial charge is 0.344 e. The molecule has 0 radical (unpaired) electrons. The number of nitrogens with zero attached hydrogens (tertiary/aromatic N) is 3. The van der Waals surface area contributed by atoms with E-state index in [0.29, 0.717) is 5.84 Å². The monoisotopic (exact) mass is 778 g/mol. The van der Waals surface area contributed by atoms with Crippen molar-refractivity contribution in [2.75, 3.05) is 0 Å². The van der Waals surface area contributed by atoms with Crippen LogP contribution in [-0.2, 0) is 0 Å². The van der Waals surface area contributed by atoms with Gasteiger partial charge in [0.25, 0.3) is 0 Å². The molecule has 1 aliphatic heterocycles. The number of amidine groups is 2. The highest BCUT2D eigenvalue weighted by molar-refractivity contribution is 6.28. The predicted molar refractivity (Wildman–Crippen MR) is 256 cm³/mol. The van der Waals surface area contributed by atoms with E-state index in [1.54, 1.807) is 0 Å². The van der Waals surface area contributed by atoms with Crippen molar-refractivity contribution in [1.82, 2.24) is 9.88 Å². The van der Waals surface area contributed by atoms with Crippen molar-refractivity contribution in [3.63, 3.8) is 0 Å². The minimum absolute atomic E-state index is 0.298. The average molecular weight is 779 g/mol. The molecular formula is C57H38N4. The summed E-state index contributed by atoms with van der Waals surface area (Å²) < 4.78 is 2.43. The molecule has 12 rings (SSSR count). The average Bonchev–Trinajstić information content (AvgIpc) is 3.70. The van der Waals surface area contributed by atoms with E-state index in [9.17, 15) is 0 Å². The second kappa shape index (κ2) is 14.3. The van der Waals surface area contributed by atoms with Gasteiger partial charge in [0.15, 0.2) is 5.84 Å². The molecule has 4 heteroatoms. The number of aliphatic imine (C=N–C) groups is 2. The molecule has 1 aromatic heterocycles. The Labute approximate surface area is 353 Å². The Kier molecular flexibility index (Phi) is 8.20. The summed E-state index contributed by atoms with van der Waals surface area (Å²) in [5.41, 5.74) is 11.3. The quantitative estimate of drug-likeness (QED) is 0.179. The SMILES string of the molecule is c1ccc(-c2ccc(C3=NC(c4ccccc4)NC(c4ccc(-c5cccc(-n6c7ccc8ccccc8c7c7c8ccccc8ccc76)c5)cc4)=N3)c3ccccc23)cc1. The van der Waals surface area contributed by atoms with Gasteiger partial charge in [0.2, 0.25) is 0 Å². The van der Waals surface area contributed by atoms with Gasteiger partial charge in [-0.1, -0.05) is 188 Å². The third-order valence-electron chi connectivity index (χ3n) is 12.2. The van der Waals surface area contributed by atoms with Crippen LogP contribution in [-0.4, -0.2) is 16.2 Å². The molecule has 1 unspecified atom stereocenters. The van der Waals surface area contributed by atoms with E-state index in [2.05, 4.69) is 222 Å². The third kappa shape index (κ3) is 5.91. The zero-order valence-corrected chi connectivity index (χ0v) is 33.2. The number of hydrogen-bond donors (Lipinski definition) is 1. The standard InChI is InChI=1S/C57H38N4/c1-3-14-38(15-4-1)45-32-33-50(49-25-12-11-24-48(45)49)57-59-55(41-18-5-2-6-19-41)58-56(60-57)42-28-26-37(27-29-42)43-20-13-21-44(36-43)61-51-34-30-39-16-7-9-22-46(39)53(51)54-47-23-10-8-17-40(47)31-35-52(54)61/h1-36,55H,(H,58,59,60). The molecule has 286 valence electrons. The molecule has 0 bridgehead atoms. The molecule has 4 nitrogen and oxygen atoms in total. The number of nitrogens with one attached hydrogen (secondary N) is 1. The first-order valence-electron chi connectivity index (χ1n) is 20.9. The first-order chi connectivity index (χ1) is 30.2. The fraction of sp³-hybridized carbons (Fsp3) is 0.0175. The Morgan fingerprint density at radius 1 is 0.393 bits per heavy atom. The topological polar surface area (TPSA) is 41.7 Å². The Morgan fingerprint density at radius 2 is 0.934 bits per heavy atom. The number of rotatable bonds is 6. The Morgan fingerprint density at radius 3 is 1.61 bits per heavy atom. The number of fused-ring (bicyclic) bond motifs is 8. The van der Waals surface area contributed by atoms with Gasteiger partial charge in [-0.3, -0.25) is 0 Å². The third-order valence-corrected chi connectivity index (χ3v) is 12.2. The van der Waals surface area contributed by atoms with Crippen LogP contribution in [0.1, 0.15) is 22.9 Å². The Bertz CT molecular complexity index is 3450. The summed E-state index contributed by atoms with van der Waals surface area (Å²) in [6.07, 6.45) is -0.298. The number of benzene rings is 10. The first kappa shape index (κ1) is 34.9. The molecule has 10 aromatic carbocycles. The van der Waals surface area contributed by atoms with Gasteiger partial charge in [0.1, 0.15) is 12.0 Å². The highest BCUT2D eigenvalue weighted by atomic mass is 15.2. The molecule has 1 aliphatic rings. The zero-order valence-electron chi connectivity index (χ0n) is 33.2. The van der Waals surface area contributed by atoms with Crippen LogP contribution in [0.2, 0.25) is 0 Å². The van der Waals surface area contributed by atoms with Crippen LogP contribution in [0, 0.1) is 0 Å². The molecule has 1 atom stereocenters. The van der Waals surface area contributed by atoms with Gasteiger partial charge in [-0.25, -0.2) is 9.98 Å². The van der Waals surface area contributed by atoms with Gasteiger partial charge in [-0.15, -0.1) is 0 Å². The fourth-order valence-corrected chi connectivity index (χ4v) is 9.36. The maximum Gasteiger partial charge on any atom is 0.160 e. The van der Waals surface area contributed by atoms with Crippen LogP contribution in [0.3, 0.4) is 0 Å². The molecular weight excluding hydrogens is 741 g/mol. The number of hydrogen-bond acceptors (Lipinski definition) is 3.